The first-order valence-electron chi connectivity index (χ1n) is 10.9. The molecule has 0 fully saturated rings. The lowest BCUT2D eigenvalue weighted by molar-refractivity contribution is -0.139. The van der Waals surface area contributed by atoms with E-state index in [2.05, 4.69) is 41.5 Å². The van der Waals surface area contributed by atoms with Crippen LogP contribution >= 0.6 is 0 Å². The second-order valence-electron chi connectivity index (χ2n) is 8.57. The first-order chi connectivity index (χ1) is 11.4. The van der Waals surface area contributed by atoms with Crippen LogP contribution in [0.15, 0.2) is 0 Å². The molecule has 0 aliphatic heterocycles. The van der Waals surface area contributed by atoms with Crippen molar-refractivity contribution >= 4 is 5.78 Å². The Bertz CT molecular complexity index is 292. The van der Waals surface area contributed by atoms with Gasteiger partial charge >= 0.3 is 0 Å². The largest absolute Gasteiger partial charge is 0.298 e. The van der Waals surface area contributed by atoms with E-state index < -0.39 is 0 Å². The van der Waals surface area contributed by atoms with E-state index in [0.29, 0.717) is 5.78 Å². The van der Waals surface area contributed by atoms with Gasteiger partial charge in [0, 0.05) is 10.8 Å². The number of carbonyl (C=O) groups excluding carboxylic acids is 1. The van der Waals surface area contributed by atoms with E-state index in [0.717, 1.165) is 38.5 Å². The summed E-state index contributed by atoms with van der Waals surface area (Å²) in [6, 6.07) is 0. The van der Waals surface area contributed by atoms with Crippen LogP contribution in [-0.2, 0) is 4.79 Å². The second-order valence-corrected chi connectivity index (χ2v) is 8.57. The molecule has 144 valence electrons. The average molecular weight is 339 g/mol. The molecule has 0 N–H and O–H groups in total. The molecule has 0 aromatic heterocycles. The van der Waals surface area contributed by atoms with Crippen LogP contribution in [0.4, 0.5) is 0 Å². The van der Waals surface area contributed by atoms with Crippen LogP contribution in [-0.4, -0.2) is 5.78 Å². The lowest BCUT2D eigenvalue weighted by atomic mass is 9.64. The van der Waals surface area contributed by atoms with Gasteiger partial charge in [-0.3, -0.25) is 4.79 Å². The summed E-state index contributed by atoms with van der Waals surface area (Å²) in [5, 5.41) is 0. The summed E-state index contributed by atoms with van der Waals surface area (Å²) < 4.78 is 0. The average Bonchev–Trinajstić information content (AvgIpc) is 2.55. The fourth-order valence-electron chi connectivity index (χ4n) is 4.42. The first kappa shape index (κ1) is 23.7. The number of rotatable bonds is 16. The molecule has 1 heteroatoms. The highest BCUT2D eigenvalue weighted by molar-refractivity contribution is 5.89. The van der Waals surface area contributed by atoms with E-state index in [1.54, 1.807) is 0 Å². The molecule has 1 nitrogen and oxygen atoms in total. The Kier molecular flexibility index (Phi) is 12.8. The van der Waals surface area contributed by atoms with Crippen molar-refractivity contribution in [1.29, 1.82) is 0 Å². The van der Waals surface area contributed by atoms with Gasteiger partial charge in [0.1, 0.15) is 5.78 Å². The molecule has 0 saturated carbocycles. The number of ketones is 1. The molecule has 0 saturated heterocycles. The number of Topliss-reactive ketones (excluding diaryl/α,β-unsaturated/α-hetero) is 1. The maximum absolute atomic E-state index is 13.6. The van der Waals surface area contributed by atoms with Crippen molar-refractivity contribution in [2.24, 2.45) is 10.8 Å². The van der Waals surface area contributed by atoms with Gasteiger partial charge in [0.2, 0.25) is 0 Å². The van der Waals surface area contributed by atoms with Crippen LogP contribution in [0, 0.1) is 10.8 Å². The van der Waals surface area contributed by atoms with E-state index >= 15 is 0 Å². The molecule has 24 heavy (non-hydrogen) atoms. The maximum atomic E-state index is 13.6. The quantitative estimate of drug-likeness (QED) is 0.260. The van der Waals surface area contributed by atoms with E-state index in [1.165, 1.54) is 51.4 Å². The summed E-state index contributed by atoms with van der Waals surface area (Å²) in [5.41, 5.74) is -0.200. The highest BCUT2D eigenvalue weighted by Crippen LogP contribution is 2.43. The van der Waals surface area contributed by atoms with Crippen molar-refractivity contribution in [2.75, 3.05) is 0 Å². The van der Waals surface area contributed by atoms with Gasteiger partial charge in [-0.15, -0.1) is 0 Å². The minimum absolute atomic E-state index is 0.100. The summed E-state index contributed by atoms with van der Waals surface area (Å²) in [7, 11) is 0. The van der Waals surface area contributed by atoms with E-state index in [1.807, 2.05) is 0 Å². The standard InChI is InChI=1S/C23H46O/c1-7-11-13-15-19-22(5,17-9-3)21(24)23(6,18-10-4)20-16-14-12-8-2/h7-20H2,1-6H3. The predicted octanol–water partition coefficient (Wildman–Crippen LogP) is 8.11. The minimum atomic E-state index is -0.100. The second kappa shape index (κ2) is 13.0. The van der Waals surface area contributed by atoms with Crippen molar-refractivity contribution in [3.63, 3.8) is 0 Å². The number of carbonyl (C=O) groups is 1. The highest BCUT2D eigenvalue weighted by atomic mass is 16.1. The topological polar surface area (TPSA) is 17.1 Å². The van der Waals surface area contributed by atoms with Gasteiger partial charge in [-0.05, 0) is 25.7 Å². The molecular formula is C23H46O. The molecule has 0 radical (unpaired) electrons. The van der Waals surface area contributed by atoms with Gasteiger partial charge in [0.15, 0.2) is 0 Å². The van der Waals surface area contributed by atoms with Crippen molar-refractivity contribution in [3.8, 4) is 0 Å². The van der Waals surface area contributed by atoms with Gasteiger partial charge < -0.3 is 0 Å². The predicted molar refractivity (Wildman–Crippen MR) is 109 cm³/mol. The van der Waals surface area contributed by atoms with E-state index in [4.69, 9.17) is 0 Å². The van der Waals surface area contributed by atoms with Crippen molar-refractivity contribution in [2.45, 2.75) is 131 Å². The molecule has 0 heterocycles. The number of unbranched alkanes of at least 4 members (excludes halogenated alkanes) is 6. The number of hydrogen-bond acceptors (Lipinski definition) is 1. The molecule has 0 aliphatic carbocycles. The van der Waals surface area contributed by atoms with E-state index in [-0.39, 0.29) is 10.8 Å². The van der Waals surface area contributed by atoms with Crippen LogP contribution in [0.2, 0.25) is 0 Å². The van der Waals surface area contributed by atoms with Crippen LogP contribution in [0.1, 0.15) is 131 Å². The summed E-state index contributed by atoms with van der Waals surface area (Å²) in [6.45, 7) is 13.5. The zero-order valence-electron chi connectivity index (χ0n) is 17.8. The Hall–Kier alpha value is -0.330. The van der Waals surface area contributed by atoms with Gasteiger partial charge in [0.05, 0.1) is 0 Å². The smallest absolute Gasteiger partial charge is 0.144 e. The molecule has 2 unspecified atom stereocenters. The Labute approximate surface area is 153 Å². The normalized spacial score (nSPS) is 16.6. The summed E-state index contributed by atoms with van der Waals surface area (Å²) in [4.78, 5) is 13.6. The van der Waals surface area contributed by atoms with Gasteiger partial charge in [0.25, 0.3) is 0 Å². The van der Waals surface area contributed by atoms with Gasteiger partial charge in [-0.1, -0.05) is 106 Å². The molecule has 0 bridgehead atoms. The monoisotopic (exact) mass is 338 g/mol. The Morgan fingerprint density at radius 1 is 0.542 bits per heavy atom. The van der Waals surface area contributed by atoms with Crippen LogP contribution in [0.3, 0.4) is 0 Å². The lowest BCUT2D eigenvalue weighted by Gasteiger charge is -2.38. The molecule has 0 rings (SSSR count). The summed E-state index contributed by atoms with van der Waals surface area (Å²) >= 11 is 0. The molecule has 0 spiro atoms. The molecular weight excluding hydrogens is 292 g/mol. The fourth-order valence-corrected chi connectivity index (χ4v) is 4.42. The maximum Gasteiger partial charge on any atom is 0.144 e. The van der Waals surface area contributed by atoms with E-state index in [9.17, 15) is 4.79 Å². The minimum Gasteiger partial charge on any atom is -0.298 e. The fraction of sp³-hybridized carbons (Fsp3) is 0.957. The lowest BCUT2D eigenvalue weighted by Crippen LogP contribution is -2.40. The van der Waals surface area contributed by atoms with Crippen LogP contribution in [0.5, 0.6) is 0 Å². The Morgan fingerprint density at radius 3 is 1.21 bits per heavy atom. The van der Waals surface area contributed by atoms with Gasteiger partial charge in [-0.25, -0.2) is 0 Å². The molecule has 0 aromatic rings. The third kappa shape index (κ3) is 8.17. The van der Waals surface area contributed by atoms with Crippen LogP contribution < -0.4 is 0 Å². The highest BCUT2D eigenvalue weighted by Gasteiger charge is 2.42. The molecule has 0 aliphatic rings. The van der Waals surface area contributed by atoms with Crippen molar-refractivity contribution in [1.82, 2.24) is 0 Å². The van der Waals surface area contributed by atoms with Crippen LogP contribution in [0.25, 0.3) is 0 Å². The molecule has 2 atom stereocenters. The number of hydrogen-bond donors (Lipinski definition) is 0. The Balaban J connectivity index is 4.98. The molecule has 0 amide bonds. The zero-order valence-corrected chi connectivity index (χ0v) is 17.8. The third-order valence-corrected chi connectivity index (χ3v) is 5.86. The van der Waals surface area contributed by atoms with Crippen molar-refractivity contribution < 1.29 is 4.79 Å². The Morgan fingerprint density at radius 2 is 0.917 bits per heavy atom. The summed E-state index contributed by atoms with van der Waals surface area (Å²) in [5.74, 6) is 0.576. The van der Waals surface area contributed by atoms with Crippen molar-refractivity contribution in [3.05, 3.63) is 0 Å². The zero-order chi connectivity index (χ0) is 18.5. The SMILES string of the molecule is CCCCCCC(C)(CCC)C(=O)C(C)(CCC)CCCCCC. The first-order valence-corrected chi connectivity index (χ1v) is 10.9. The summed E-state index contributed by atoms with van der Waals surface area (Å²) in [6.07, 6.45) is 16.7. The third-order valence-electron chi connectivity index (χ3n) is 5.86. The van der Waals surface area contributed by atoms with Gasteiger partial charge in [-0.2, -0.15) is 0 Å². The molecule has 0 aromatic carbocycles.